The van der Waals surface area contributed by atoms with Crippen molar-refractivity contribution >= 4 is 17.7 Å². The molecule has 1 amide bonds. The Morgan fingerprint density at radius 1 is 1.22 bits per heavy atom. The summed E-state index contributed by atoms with van der Waals surface area (Å²) < 4.78 is 0. The molecular weight excluding hydrogens is 340 g/mol. The molecule has 27 heavy (non-hydrogen) atoms. The Morgan fingerprint density at radius 3 is 2.67 bits per heavy atom. The normalized spacial score (nSPS) is 16.4. The van der Waals surface area contributed by atoms with Crippen LogP contribution in [-0.4, -0.2) is 47.5 Å². The number of aromatic nitrogens is 3. The maximum absolute atomic E-state index is 12.4. The highest BCUT2D eigenvalue weighted by Crippen LogP contribution is 2.30. The Morgan fingerprint density at radius 2 is 1.96 bits per heavy atom. The van der Waals surface area contributed by atoms with Crippen LogP contribution in [0.25, 0.3) is 0 Å². The predicted molar refractivity (Wildman–Crippen MR) is 105 cm³/mol. The van der Waals surface area contributed by atoms with E-state index < -0.39 is 0 Å². The number of anilines is 2. The van der Waals surface area contributed by atoms with Crippen LogP contribution in [0.4, 0.5) is 11.8 Å². The summed E-state index contributed by atoms with van der Waals surface area (Å²) in [5, 5.41) is 6.14. The number of carbonyl (C=O) groups excluding carboxylic acids is 1. The first-order valence-electron chi connectivity index (χ1n) is 9.66. The summed E-state index contributed by atoms with van der Waals surface area (Å²) in [4.78, 5) is 28.3. The van der Waals surface area contributed by atoms with Gasteiger partial charge in [0.15, 0.2) is 0 Å². The Hall–Kier alpha value is -2.70. The highest BCUT2D eigenvalue weighted by Gasteiger charge is 2.24. The summed E-state index contributed by atoms with van der Waals surface area (Å²) in [5.74, 6) is 2.09. The lowest BCUT2D eigenvalue weighted by Crippen LogP contribution is -2.27. The van der Waals surface area contributed by atoms with Crippen molar-refractivity contribution in [2.24, 2.45) is 5.92 Å². The number of carbonyl (C=O) groups is 1. The zero-order valence-corrected chi connectivity index (χ0v) is 16.0. The van der Waals surface area contributed by atoms with Gasteiger partial charge in [0, 0.05) is 51.2 Å². The second kappa shape index (κ2) is 7.50. The Kier molecular flexibility index (Phi) is 4.92. The van der Waals surface area contributed by atoms with E-state index in [4.69, 9.17) is 4.98 Å². The zero-order chi connectivity index (χ0) is 18.8. The lowest BCUT2D eigenvalue weighted by Gasteiger charge is -2.19. The molecule has 4 rings (SSSR count). The van der Waals surface area contributed by atoms with Crippen LogP contribution in [0, 0.1) is 12.8 Å². The molecule has 0 unspecified atom stereocenters. The van der Waals surface area contributed by atoms with Gasteiger partial charge in [-0.25, -0.2) is 15.0 Å². The number of rotatable bonds is 5. The van der Waals surface area contributed by atoms with Crippen LogP contribution < -0.4 is 15.5 Å². The minimum absolute atomic E-state index is 0.0911. The van der Waals surface area contributed by atoms with Gasteiger partial charge in [0.25, 0.3) is 5.91 Å². The Bertz CT molecular complexity index is 831. The number of hydrogen-bond donors (Lipinski definition) is 2. The van der Waals surface area contributed by atoms with E-state index in [1.165, 1.54) is 12.8 Å². The van der Waals surface area contributed by atoms with Crippen molar-refractivity contribution < 1.29 is 4.79 Å². The third kappa shape index (κ3) is 4.02. The van der Waals surface area contributed by atoms with Crippen LogP contribution in [0.5, 0.6) is 0 Å². The first-order chi connectivity index (χ1) is 13.1. The predicted octanol–water partition coefficient (Wildman–Crippen LogP) is 1.97. The summed E-state index contributed by atoms with van der Waals surface area (Å²) >= 11 is 0. The zero-order valence-electron chi connectivity index (χ0n) is 16.0. The molecule has 3 heterocycles. The molecule has 0 radical (unpaired) electrons. The summed E-state index contributed by atoms with van der Waals surface area (Å²) in [6.45, 7) is 4.52. The summed E-state index contributed by atoms with van der Waals surface area (Å²) in [6.07, 6.45) is 7.87. The summed E-state index contributed by atoms with van der Waals surface area (Å²) in [7, 11) is 1.66. The average molecular weight is 366 g/mol. The number of fused-ring (bicyclic) bond motifs is 1. The molecule has 1 saturated carbocycles. The average Bonchev–Trinajstić information content (AvgIpc) is 3.52. The van der Waals surface area contributed by atoms with Crippen LogP contribution in [-0.2, 0) is 12.8 Å². The maximum Gasteiger partial charge on any atom is 0.254 e. The van der Waals surface area contributed by atoms with Gasteiger partial charge in [-0.2, -0.15) is 0 Å². The van der Waals surface area contributed by atoms with Gasteiger partial charge in [-0.3, -0.25) is 4.79 Å². The largest absolute Gasteiger partial charge is 0.369 e. The van der Waals surface area contributed by atoms with Gasteiger partial charge in [-0.15, -0.1) is 0 Å². The standard InChI is InChI=1S/C20H26N6O/c1-13-10-23-20(24-11-13)26-7-5-15-9-16(19(27)21-2)18(22-12-14-3-4-14)25-17(15)6-8-26/h9-11,14H,3-8,12H2,1-2H3,(H,21,27)(H,22,25). The summed E-state index contributed by atoms with van der Waals surface area (Å²) in [6, 6.07) is 2.01. The number of aryl methyl sites for hydroxylation is 1. The van der Waals surface area contributed by atoms with E-state index in [1.807, 2.05) is 25.4 Å². The van der Waals surface area contributed by atoms with Gasteiger partial charge in [0.1, 0.15) is 5.82 Å². The van der Waals surface area contributed by atoms with E-state index in [9.17, 15) is 4.79 Å². The fourth-order valence-electron chi connectivity index (χ4n) is 3.39. The first-order valence-corrected chi connectivity index (χ1v) is 9.66. The van der Waals surface area contributed by atoms with Crippen molar-refractivity contribution in [1.82, 2.24) is 20.3 Å². The van der Waals surface area contributed by atoms with Crippen LogP contribution in [0.2, 0.25) is 0 Å². The lowest BCUT2D eigenvalue weighted by molar-refractivity contribution is 0.0963. The molecule has 0 saturated heterocycles. The van der Waals surface area contributed by atoms with Gasteiger partial charge in [-0.1, -0.05) is 0 Å². The van der Waals surface area contributed by atoms with E-state index in [-0.39, 0.29) is 5.91 Å². The third-order valence-corrected chi connectivity index (χ3v) is 5.24. The maximum atomic E-state index is 12.4. The van der Waals surface area contributed by atoms with Crippen molar-refractivity contribution in [3.63, 3.8) is 0 Å². The molecule has 0 bridgehead atoms. The van der Waals surface area contributed by atoms with Crippen LogP contribution >= 0.6 is 0 Å². The van der Waals surface area contributed by atoms with Gasteiger partial charge < -0.3 is 15.5 Å². The molecule has 142 valence electrons. The van der Waals surface area contributed by atoms with Gasteiger partial charge in [0.05, 0.1) is 5.56 Å². The summed E-state index contributed by atoms with van der Waals surface area (Å²) in [5.41, 5.74) is 3.90. The molecule has 7 heteroatoms. The molecule has 2 aliphatic rings. The van der Waals surface area contributed by atoms with Gasteiger partial charge in [-0.05, 0) is 49.3 Å². The quantitative estimate of drug-likeness (QED) is 0.842. The number of nitrogens with one attached hydrogen (secondary N) is 2. The van der Waals surface area contributed by atoms with Crippen molar-refractivity contribution in [1.29, 1.82) is 0 Å². The highest BCUT2D eigenvalue weighted by molar-refractivity contribution is 5.98. The third-order valence-electron chi connectivity index (χ3n) is 5.24. The van der Waals surface area contributed by atoms with Crippen molar-refractivity contribution in [3.05, 3.63) is 40.8 Å². The van der Waals surface area contributed by atoms with Crippen LogP contribution in [0.15, 0.2) is 18.5 Å². The fraction of sp³-hybridized carbons (Fsp3) is 0.500. The van der Waals surface area contributed by atoms with Crippen molar-refractivity contribution in [3.8, 4) is 0 Å². The second-order valence-corrected chi connectivity index (χ2v) is 7.44. The Balaban J connectivity index is 1.57. The molecule has 7 nitrogen and oxygen atoms in total. The van der Waals surface area contributed by atoms with Crippen LogP contribution in [0.3, 0.4) is 0 Å². The highest BCUT2D eigenvalue weighted by atomic mass is 16.1. The smallest absolute Gasteiger partial charge is 0.254 e. The number of hydrogen-bond acceptors (Lipinski definition) is 6. The minimum atomic E-state index is -0.0911. The molecular formula is C20H26N6O. The lowest BCUT2D eigenvalue weighted by atomic mass is 10.1. The van der Waals surface area contributed by atoms with Crippen molar-refractivity contribution in [2.75, 3.05) is 36.9 Å². The number of amides is 1. The first kappa shape index (κ1) is 17.7. The number of nitrogens with zero attached hydrogens (tertiary/aromatic N) is 4. The number of pyridine rings is 1. The molecule has 2 N–H and O–H groups in total. The van der Waals surface area contributed by atoms with Crippen molar-refractivity contribution in [2.45, 2.75) is 32.6 Å². The van der Waals surface area contributed by atoms with Crippen LogP contribution in [0.1, 0.15) is 40.0 Å². The molecule has 2 aromatic heterocycles. The van der Waals surface area contributed by atoms with E-state index >= 15 is 0 Å². The molecule has 1 fully saturated rings. The molecule has 1 aliphatic heterocycles. The SMILES string of the molecule is CNC(=O)c1cc2c(nc1NCC1CC1)CCN(c1ncc(C)cn1)CC2. The van der Waals surface area contributed by atoms with Gasteiger partial charge in [0.2, 0.25) is 5.95 Å². The second-order valence-electron chi connectivity index (χ2n) is 7.44. The van der Waals surface area contributed by atoms with Gasteiger partial charge >= 0.3 is 0 Å². The van der Waals surface area contributed by atoms with E-state index in [0.717, 1.165) is 61.2 Å². The monoisotopic (exact) mass is 366 g/mol. The topological polar surface area (TPSA) is 83.0 Å². The Labute approximate surface area is 159 Å². The molecule has 1 aliphatic carbocycles. The molecule has 0 atom stereocenters. The van der Waals surface area contributed by atoms with E-state index in [1.54, 1.807) is 7.05 Å². The molecule has 2 aromatic rings. The van der Waals surface area contributed by atoms with E-state index in [0.29, 0.717) is 11.4 Å². The molecule has 0 spiro atoms. The fourth-order valence-corrected chi connectivity index (χ4v) is 3.39. The molecule has 0 aromatic carbocycles. The van der Waals surface area contributed by atoms with E-state index in [2.05, 4.69) is 25.5 Å². The minimum Gasteiger partial charge on any atom is -0.369 e.